The van der Waals surface area contributed by atoms with Gasteiger partial charge in [-0.1, -0.05) is 6.07 Å². The number of nitrogens with one attached hydrogen (secondary N) is 3. The summed E-state index contributed by atoms with van der Waals surface area (Å²) in [6, 6.07) is 14.3. The normalized spacial score (nSPS) is 14.2. The third-order valence-electron chi connectivity index (χ3n) is 7.45. The van der Waals surface area contributed by atoms with Gasteiger partial charge in [-0.05, 0) is 68.1 Å². The van der Waals surface area contributed by atoms with Gasteiger partial charge in [0.1, 0.15) is 5.52 Å². The Hall–Kier alpha value is -4.97. The van der Waals surface area contributed by atoms with Gasteiger partial charge in [0, 0.05) is 73.0 Å². The van der Waals surface area contributed by atoms with Crippen molar-refractivity contribution >= 4 is 39.8 Å². The Kier molecular flexibility index (Phi) is 7.45. The molecule has 1 amide bonds. The summed E-state index contributed by atoms with van der Waals surface area (Å²) in [4.78, 5) is 34.0. The van der Waals surface area contributed by atoms with E-state index >= 15 is 0 Å². The quantitative estimate of drug-likeness (QED) is 0.221. The summed E-state index contributed by atoms with van der Waals surface area (Å²) >= 11 is 0. The molecule has 3 aromatic heterocycles. The van der Waals surface area contributed by atoms with Gasteiger partial charge in [-0.2, -0.15) is 13.2 Å². The molecule has 0 unspecified atom stereocenters. The molecule has 1 saturated heterocycles. The fourth-order valence-electron chi connectivity index (χ4n) is 4.98. The van der Waals surface area contributed by atoms with Gasteiger partial charge in [0.25, 0.3) is 5.91 Å². The Labute approximate surface area is 245 Å². The molecule has 0 bridgehead atoms. The van der Waals surface area contributed by atoms with Crippen molar-refractivity contribution in [3.63, 3.8) is 0 Å². The summed E-state index contributed by atoms with van der Waals surface area (Å²) < 4.78 is 41.4. The number of halogens is 3. The van der Waals surface area contributed by atoms with Crippen molar-refractivity contribution in [1.29, 1.82) is 0 Å². The summed E-state index contributed by atoms with van der Waals surface area (Å²) in [5.41, 5.74) is 3.54. The van der Waals surface area contributed by atoms with E-state index in [1.807, 2.05) is 31.0 Å². The third kappa shape index (κ3) is 6.14. The van der Waals surface area contributed by atoms with Gasteiger partial charge in [0.05, 0.1) is 11.1 Å². The Morgan fingerprint density at radius 1 is 1.00 bits per heavy atom. The Morgan fingerprint density at radius 3 is 2.56 bits per heavy atom. The molecule has 220 valence electrons. The number of carbonyl (C=O) groups is 1. The lowest BCUT2D eigenvalue weighted by Crippen LogP contribution is -2.44. The molecule has 3 N–H and O–H groups in total. The maximum Gasteiger partial charge on any atom is 0.416 e. The van der Waals surface area contributed by atoms with Crippen LogP contribution < -0.4 is 15.5 Å². The molecule has 1 aliphatic rings. The zero-order valence-electron chi connectivity index (χ0n) is 23.5. The monoisotopic (exact) mass is 586 g/mol. The first-order valence-corrected chi connectivity index (χ1v) is 13.7. The molecule has 0 spiro atoms. The van der Waals surface area contributed by atoms with Crippen LogP contribution >= 0.6 is 0 Å². The number of amides is 1. The highest BCUT2D eigenvalue weighted by molar-refractivity contribution is 6.05. The molecule has 4 heterocycles. The maximum absolute atomic E-state index is 13.8. The second-order valence-electron chi connectivity index (χ2n) is 10.5. The fourth-order valence-corrected chi connectivity index (χ4v) is 4.98. The van der Waals surface area contributed by atoms with E-state index < -0.39 is 17.6 Å². The van der Waals surface area contributed by atoms with Crippen molar-refractivity contribution in [3.05, 3.63) is 89.9 Å². The standard InChI is InChI=1S/C31H29F3N8O/c1-19-5-6-20(14-26(19)39-29-27-25(7-9-36-27)38-28(40-29)21-4-3-8-35-18-21)30(43)37-23-15-22(31(32,33)34)16-24(17-23)42-12-10-41(2)11-13-42/h3-9,14-18,36H,10-13H2,1-2H3,(H,37,43)(H,38,39,40). The molecule has 6 rings (SSSR count). The van der Waals surface area contributed by atoms with Gasteiger partial charge in [-0.15, -0.1) is 0 Å². The van der Waals surface area contributed by atoms with Crippen LogP contribution in [-0.4, -0.2) is 64.0 Å². The first kappa shape index (κ1) is 28.2. The number of piperazine rings is 1. The number of alkyl halides is 3. The van der Waals surface area contributed by atoms with E-state index in [0.717, 1.165) is 36.3 Å². The largest absolute Gasteiger partial charge is 0.416 e. The van der Waals surface area contributed by atoms with E-state index in [-0.39, 0.29) is 11.3 Å². The van der Waals surface area contributed by atoms with E-state index in [1.165, 1.54) is 0 Å². The van der Waals surface area contributed by atoms with Crippen LogP contribution in [0.3, 0.4) is 0 Å². The highest BCUT2D eigenvalue weighted by Crippen LogP contribution is 2.35. The molecule has 0 aliphatic carbocycles. The number of likely N-dealkylation sites (N-methyl/N-ethyl adjacent to an activating group) is 1. The summed E-state index contributed by atoms with van der Waals surface area (Å²) in [5.74, 6) is 0.453. The van der Waals surface area contributed by atoms with Gasteiger partial charge in [-0.25, -0.2) is 9.97 Å². The van der Waals surface area contributed by atoms with Gasteiger partial charge in [0.15, 0.2) is 11.6 Å². The van der Waals surface area contributed by atoms with Crippen LogP contribution in [0, 0.1) is 6.92 Å². The number of hydrogen-bond donors (Lipinski definition) is 3. The highest BCUT2D eigenvalue weighted by atomic mass is 19.4. The maximum atomic E-state index is 13.8. The average Bonchev–Trinajstić information content (AvgIpc) is 3.48. The van der Waals surface area contributed by atoms with Crippen molar-refractivity contribution < 1.29 is 18.0 Å². The number of pyridine rings is 1. The molecule has 2 aromatic carbocycles. The van der Waals surface area contributed by atoms with Crippen LogP contribution in [0.2, 0.25) is 0 Å². The van der Waals surface area contributed by atoms with E-state index in [4.69, 9.17) is 4.98 Å². The SMILES string of the molecule is Cc1ccc(C(=O)Nc2cc(N3CCN(C)CC3)cc(C(F)(F)F)c2)cc1Nc1nc(-c2cccnc2)nc2cc[nH]c12. The molecule has 5 aromatic rings. The number of nitrogens with zero attached hydrogens (tertiary/aromatic N) is 5. The summed E-state index contributed by atoms with van der Waals surface area (Å²) in [7, 11) is 1.98. The minimum absolute atomic E-state index is 0.0776. The van der Waals surface area contributed by atoms with Crippen molar-refractivity contribution in [2.24, 2.45) is 0 Å². The number of H-pyrrole nitrogens is 1. The number of carbonyl (C=O) groups excluding carboxylic acids is 1. The van der Waals surface area contributed by atoms with Crippen molar-refractivity contribution in [2.45, 2.75) is 13.1 Å². The number of aromatic nitrogens is 4. The van der Waals surface area contributed by atoms with Crippen LogP contribution in [0.1, 0.15) is 21.5 Å². The molecular formula is C31H29F3N8O. The summed E-state index contributed by atoms with van der Waals surface area (Å²) in [5, 5.41) is 6.00. The van der Waals surface area contributed by atoms with E-state index in [9.17, 15) is 18.0 Å². The van der Waals surface area contributed by atoms with E-state index in [0.29, 0.717) is 47.1 Å². The molecule has 0 radical (unpaired) electrons. The number of fused-ring (bicyclic) bond motifs is 1. The van der Waals surface area contributed by atoms with Gasteiger partial charge in [0.2, 0.25) is 0 Å². The minimum atomic E-state index is -4.56. The van der Waals surface area contributed by atoms with Crippen molar-refractivity contribution in [1.82, 2.24) is 24.8 Å². The second-order valence-corrected chi connectivity index (χ2v) is 10.5. The second kappa shape index (κ2) is 11.4. The Morgan fingerprint density at radius 2 is 1.81 bits per heavy atom. The summed E-state index contributed by atoms with van der Waals surface area (Å²) in [6.45, 7) is 4.55. The van der Waals surface area contributed by atoms with Crippen LogP contribution in [0.4, 0.5) is 36.1 Å². The predicted molar refractivity (Wildman–Crippen MR) is 161 cm³/mol. The topological polar surface area (TPSA) is 102 Å². The molecule has 43 heavy (non-hydrogen) atoms. The molecule has 0 atom stereocenters. The third-order valence-corrected chi connectivity index (χ3v) is 7.45. The lowest BCUT2D eigenvalue weighted by Gasteiger charge is -2.34. The van der Waals surface area contributed by atoms with Gasteiger partial charge >= 0.3 is 6.18 Å². The number of aromatic amines is 1. The van der Waals surface area contributed by atoms with Gasteiger partial charge < -0.3 is 25.4 Å². The number of aryl methyl sites for hydroxylation is 1. The molecule has 1 fully saturated rings. The van der Waals surface area contributed by atoms with Crippen LogP contribution in [0.25, 0.3) is 22.4 Å². The van der Waals surface area contributed by atoms with Crippen molar-refractivity contribution in [3.8, 4) is 11.4 Å². The molecule has 0 saturated carbocycles. The fraction of sp³-hybridized carbons (Fsp3) is 0.226. The zero-order chi connectivity index (χ0) is 30.1. The Bertz CT molecular complexity index is 1780. The lowest BCUT2D eigenvalue weighted by molar-refractivity contribution is -0.137. The molecule has 1 aliphatic heterocycles. The molecule has 12 heteroatoms. The van der Waals surface area contributed by atoms with Crippen molar-refractivity contribution in [2.75, 3.05) is 48.8 Å². The van der Waals surface area contributed by atoms with E-state index in [1.54, 1.807) is 48.9 Å². The average molecular weight is 587 g/mol. The van der Waals surface area contributed by atoms with Crippen LogP contribution in [0.5, 0.6) is 0 Å². The number of benzene rings is 2. The van der Waals surface area contributed by atoms with Crippen LogP contribution in [0.15, 0.2) is 73.2 Å². The molecule has 9 nitrogen and oxygen atoms in total. The Balaban J connectivity index is 1.29. The number of anilines is 4. The minimum Gasteiger partial charge on any atom is -0.369 e. The number of hydrogen-bond acceptors (Lipinski definition) is 7. The molecular weight excluding hydrogens is 557 g/mol. The number of rotatable bonds is 6. The predicted octanol–water partition coefficient (Wildman–Crippen LogP) is 6.09. The highest BCUT2D eigenvalue weighted by Gasteiger charge is 2.32. The first-order chi connectivity index (χ1) is 20.6. The van der Waals surface area contributed by atoms with Crippen LogP contribution in [-0.2, 0) is 6.18 Å². The zero-order valence-corrected chi connectivity index (χ0v) is 23.5. The first-order valence-electron chi connectivity index (χ1n) is 13.7. The van der Waals surface area contributed by atoms with E-state index in [2.05, 4.69) is 30.5 Å². The van der Waals surface area contributed by atoms with Gasteiger partial charge in [-0.3, -0.25) is 9.78 Å². The summed E-state index contributed by atoms with van der Waals surface area (Å²) in [6.07, 6.45) is 0.554. The lowest BCUT2D eigenvalue weighted by atomic mass is 10.1. The smallest absolute Gasteiger partial charge is 0.369 e.